The summed E-state index contributed by atoms with van der Waals surface area (Å²) < 4.78 is 38.9. The summed E-state index contributed by atoms with van der Waals surface area (Å²) in [5.74, 6) is 0.676. The van der Waals surface area contributed by atoms with Crippen molar-refractivity contribution in [2.45, 2.75) is 12.7 Å². The van der Waals surface area contributed by atoms with Gasteiger partial charge in [-0.2, -0.15) is 13.2 Å². The van der Waals surface area contributed by atoms with Crippen LogP contribution >= 0.6 is 37.2 Å². The molecule has 0 radical (unpaired) electrons. The van der Waals surface area contributed by atoms with Crippen LogP contribution in [0.2, 0.25) is 0 Å². The summed E-state index contributed by atoms with van der Waals surface area (Å²) in [4.78, 5) is 4.06. The lowest BCUT2D eigenvalue weighted by molar-refractivity contribution is -0.137. The number of aryl methyl sites for hydroxylation is 1. The molecule has 1 heterocycles. The van der Waals surface area contributed by atoms with Gasteiger partial charge in [0.05, 0.1) is 5.56 Å². The third-order valence-corrected chi connectivity index (χ3v) is 2.55. The zero-order chi connectivity index (χ0) is 13.2. The van der Waals surface area contributed by atoms with Crippen LogP contribution in [0.25, 0.3) is 0 Å². The van der Waals surface area contributed by atoms with Crippen molar-refractivity contribution < 1.29 is 13.2 Å². The first-order valence-electron chi connectivity index (χ1n) is 5.34. The Balaban J connectivity index is 0. The van der Waals surface area contributed by atoms with Crippen molar-refractivity contribution in [1.29, 1.82) is 0 Å². The highest BCUT2D eigenvalue weighted by Gasteiger charge is 2.29. The molecule has 0 saturated heterocycles. The van der Waals surface area contributed by atoms with Crippen LogP contribution in [0.1, 0.15) is 11.1 Å². The van der Waals surface area contributed by atoms with Crippen LogP contribution in [-0.2, 0) is 19.8 Å². The van der Waals surface area contributed by atoms with Crippen molar-refractivity contribution in [3.63, 3.8) is 0 Å². The number of nitrogens with zero attached hydrogens (tertiary/aromatic N) is 2. The van der Waals surface area contributed by atoms with E-state index in [1.165, 1.54) is 12.1 Å². The third kappa shape index (κ3) is 6.03. The van der Waals surface area contributed by atoms with Crippen molar-refractivity contribution >= 4 is 43.2 Å². The summed E-state index contributed by atoms with van der Waals surface area (Å²) in [7, 11) is 1.84. The maximum atomic E-state index is 12.4. The fourth-order valence-electron chi connectivity index (χ4n) is 1.53. The molecule has 1 aromatic carbocycles. The topological polar surface area (TPSA) is 29.9 Å². The van der Waals surface area contributed by atoms with Crippen LogP contribution in [0.15, 0.2) is 36.7 Å². The van der Waals surface area contributed by atoms with E-state index in [-0.39, 0.29) is 37.2 Å². The number of halogens is 6. The van der Waals surface area contributed by atoms with Gasteiger partial charge in [-0.25, -0.2) is 4.98 Å². The minimum atomic E-state index is -4.29. The Hall–Kier alpha value is -1.11. The molecule has 0 aliphatic carbocycles. The van der Waals surface area contributed by atoms with E-state index in [1.54, 1.807) is 17.0 Å². The van der Waals surface area contributed by atoms with Crippen LogP contribution in [0.4, 0.5) is 19.1 Å². The van der Waals surface area contributed by atoms with Crippen molar-refractivity contribution in [3.8, 4) is 0 Å². The highest BCUT2D eigenvalue weighted by Crippen LogP contribution is 2.29. The normalized spacial score (nSPS) is 9.90. The second kappa shape index (κ2) is 9.02. The highest BCUT2D eigenvalue weighted by atomic mass is 35.5. The van der Waals surface area contributed by atoms with Crippen LogP contribution in [-0.4, -0.2) is 9.55 Å². The van der Waals surface area contributed by atoms with Crippen LogP contribution in [0.3, 0.4) is 0 Å². The Morgan fingerprint density at radius 1 is 1.10 bits per heavy atom. The number of benzene rings is 1. The van der Waals surface area contributed by atoms with Gasteiger partial charge in [0, 0.05) is 26.0 Å². The Morgan fingerprint density at radius 2 is 1.67 bits per heavy atom. The van der Waals surface area contributed by atoms with E-state index in [9.17, 15) is 13.2 Å². The fourth-order valence-corrected chi connectivity index (χ4v) is 1.53. The molecule has 3 nitrogen and oxygen atoms in total. The standard InChI is InChI=1S/C12H12F3N3.3ClH/c1-18-7-6-16-11(18)17-8-9-2-4-10(5-3-9)12(13,14)15;;;/h2-7H,8H2,1H3,(H,16,17);3*1H. The molecule has 0 saturated carbocycles. The molecule has 120 valence electrons. The zero-order valence-corrected chi connectivity index (χ0v) is 13.4. The number of rotatable bonds is 3. The highest BCUT2D eigenvalue weighted by molar-refractivity contribution is 5.86. The molecule has 0 atom stereocenters. The molecule has 0 amide bonds. The van der Waals surface area contributed by atoms with Crippen LogP contribution in [0.5, 0.6) is 0 Å². The molecule has 0 aliphatic rings. The predicted octanol–water partition coefficient (Wildman–Crippen LogP) is 4.32. The molecule has 9 heteroatoms. The van der Waals surface area contributed by atoms with Crippen LogP contribution in [0, 0.1) is 0 Å². The molecular weight excluding hydrogens is 350 g/mol. The van der Waals surface area contributed by atoms with Gasteiger partial charge in [0.15, 0.2) is 0 Å². The lowest BCUT2D eigenvalue weighted by atomic mass is 10.1. The maximum absolute atomic E-state index is 12.4. The summed E-state index contributed by atoms with van der Waals surface area (Å²) in [5, 5.41) is 3.04. The van der Waals surface area contributed by atoms with Crippen molar-refractivity contribution in [2.24, 2.45) is 7.05 Å². The van der Waals surface area contributed by atoms with E-state index >= 15 is 0 Å². The fraction of sp³-hybridized carbons (Fsp3) is 0.250. The average molecular weight is 365 g/mol. The van der Waals surface area contributed by atoms with E-state index in [0.717, 1.165) is 17.7 Å². The number of alkyl halides is 3. The Labute approximate surface area is 139 Å². The lowest BCUT2D eigenvalue weighted by Crippen LogP contribution is -2.07. The summed E-state index contributed by atoms with van der Waals surface area (Å²) in [5.41, 5.74) is 0.134. The number of aromatic nitrogens is 2. The minimum absolute atomic E-state index is 0. The lowest BCUT2D eigenvalue weighted by Gasteiger charge is -2.09. The summed E-state index contributed by atoms with van der Waals surface area (Å²) >= 11 is 0. The Bertz CT molecular complexity index is 527. The predicted molar refractivity (Wildman–Crippen MR) is 83.7 cm³/mol. The number of hydrogen-bond donors (Lipinski definition) is 1. The molecule has 0 unspecified atom stereocenters. The quantitative estimate of drug-likeness (QED) is 0.879. The smallest absolute Gasteiger partial charge is 0.352 e. The molecule has 1 N–H and O–H groups in total. The number of hydrogen-bond acceptors (Lipinski definition) is 2. The molecule has 0 aliphatic heterocycles. The summed E-state index contributed by atoms with van der Waals surface area (Å²) in [6, 6.07) is 5.07. The van der Waals surface area contributed by atoms with Crippen molar-refractivity contribution in [2.75, 3.05) is 5.32 Å². The van der Waals surface area contributed by atoms with E-state index < -0.39 is 11.7 Å². The zero-order valence-electron chi connectivity index (χ0n) is 10.9. The molecule has 1 aromatic heterocycles. The molecule has 0 spiro atoms. The van der Waals surface area contributed by atoms with Crippen molar-refractivity contribution in [1.82, 2.24) is 9.55 Å². The maximum Gasteiger partial charge on any atom is 0.416 e. The Kier molecular flexibility index (Phi) is 9.52. The largest absolute Gasteiger partial charge is 0.416 e. The molecule has 21 heavy (non-hydrogen) atoms. The van der Waals surface area contributed by atoms with Gasteiger partial charge in [-0.15, -0.1) is 37.2 Å². The first-order chi connectivity index (χ1) is 8.47. The number of imidazole rings is 1. The van der Waals surface area contributed by atoms with Gasteiger partial charge < -0.3 is 9.88 Å². The number of nitrogens with one attached hydrogen (secondary N) is 1. The van der Waals surface area contributed by atoms with Gasteiger partial charge in [0.25, 0.3) is 0 Å². The van der Waals surface area contributed by atoms with E-state index in [1.807, 2.05) is 7.05 Å². The van der Waals surface area contributed by atoms with Gasteiger partial charge in [-0.3, -0.25) is 0 Å². The monoisotopic (exact) mass is 363 g/mol. The van der Waals surface area contributed by atoms with Crippen molar-refractivity contribution in [3.05, 3.63) is 47.8 Å². The van der Waals surface area contributed by atoms with E-state index in [2.05, 4.69) is 10.3 Å². The second-order valence-corrected chi connectivity index (χ2v) is 3.91. The Morgan fingerprint density at radius 3 is 2.10 bits per heavy atom. The molecular formula is C12H15Cl3F3N3. The summed E-state index contributed by atoms with van der Waals surface area (Å²) in [6.45, 7) is 0.434. The average Bonchev–Trinajstić information content (AvgIpc) is 2.72. The van der Waals surface area contributed by atoms with Gasteiger partial charge >= 0.3 is 6.18 Å². The molecule has 2 aromatic rings. The van der Waals surface area contributed by atoms with Gasteiger partial charge in [-0.1, -0.05) is 12.1 Å². The molecule has 0 bridgehead atoms. The van der Waals surface area contributed by atoms with E-state index in [4.69, 9.17) is 0 Å². The van der Waals surface area contributed by atoms with Crippen LogP contribution < -0.4 is 5.32 Å². The second-order valence-electron chi connectivity index (χ2n) is 3.91. The molecule has 2 rings (SSSR count). The van der Waals surface area contributed by atoms with Gasteiger partial charge in [0.1, 0.15) is 0 Å². The first-order valence-corrected chi connectivity index (χ1v) is 5.34. The summed E-state index contributed by atoms with van der Waals surface area (Å²) in [6.07, 6.45) is -0.851. The van der Waals surface area contributed by atoms with E-state index in [0.29, 0.717) is 12.5 Å². The number of anilines is 1. The third-order valence-electron chi connectivity index (χ3n) is 2.55. The van der Waals surface area contributed by atoms with Gasteiger partial charge in [-0.05, 0) is 17.7 Å². The first kappa shape index (κ1) is 22.2. The molecule has 0 fully saturated rings. The SMILES string of the molecule is Cl.Cl.Cl.Cn1ccnc1NCc1ccc(C(F)(F)F)cc1. The van der Waals surface area contributed by atoms with Gasteiger partial charge in [0.2, 0.25) is 5.95 Å². The minimum Gasteiger partial charge on any atom is -0.352 e.